The van der Waals surface area contributed by atoms with E-state index in [4.69, 9.17) is 5.73 Å². The molecule has 0 spiro atoms. The SMILES string of the molecule is Cl.Cl.NCC1(C(=O)N2CCN(c3cccc(C(F)(F)F)c3)CC2)CCCC1. The van der Waals surface area contributed by atoms with E-state index in [-0.39, 0.29) is 30.7 Å². The van der Waals surface area contributed by atoms with Crippen molar-refractivity contribution in [3.63, 3.8) is 0 Å². The molecule has 0 radical (unpaired) electrons. The monoisotopic (exact) mass is 427 g/mol. The third-order valence-corrected chi connectivity index (χ3v) is 5.51. The molecule has 1 aliphatic carbocycles. The summed E-state index contributed by atoms with van der Waals surface area (Å²) in [5, 5.41) is 0. The van der Waals surface area contributed by atoms with E-state index in [1.165, 1.54) is 12.1 Å². The number of halogens is 5. The summed E-state index contributed by atoms with van der Waals surface area (Å²) in [5.41, 5.74) is 5.38. The van der Waals surface area contributed by atoms with Gasteiger partial charge in [-0.15, -0.1) is 24.8 Å². The fourth-order valence-electron chi connectivity index (χ4n) is 3.94. The van der Waals surface area contributed by atoms with E-state index in [0.29, 0.717) is 38.4 Å². The topological polar surface area (TPSA) is 49.6 Å². The number of benzene rings is 1. The highest BCUT2D eigenvalue weighted by Crippen LogP contribution is 2.39. The molecule has 3 rings (SSSR count). The van der Waals surface area contributed by atoms with Crippen molar-refractivity contribution in [2.45, 2.75) is 31.9 Å². The number of nitrogens with zero attached hydrogens (tertiary/aromatic N) is 2. The van der Waals surface area contributed by atoms with Gasteiger partial charge in [-0.2, -0.15) is 13.2 Å². The van der Waals surface area contributed by atoms with Crippen molar-refractivity contribution in [3.8, 4) is 0 Å². The molecule has 1 aromatic carbocycles. The number of nitrogens with two attached hydrogens (primary N) is 1. The van der Waals surface area contributed by atoms with Crippen LogP contribution in [0.25, 0.3) is 0 Å². The smallest absolute Gasteiger partial charge is 0.368 e. The van der Waals surface area contributed by atoms with Crippen LogP contribution in [-0.2, 0) is 11.0 Å². The number of hydrogen-bond acceptors (Lipinski definition) is 3. The van der Waals surface area contributed by atoms with Crippen molar-refractivity contribution in [2.75, 3.05) is 37.6 Å². The van der Waals surface area contributed by atoms with Crippen molar-refractivity contribution < 1.29 is 18.0 Å². The van der Waals surface area contributed by atoms with Crippen LogP contribution in [0.2, 0.25) is 0 Å². The molecule has 0 unspecified atom stereocenters. The van der Waals surface area contributed by atoms with Gasteiger partial charge in [-0.1, -0.05) is 18.9 Å². The van der Waals surface area contributed by atoms with Crippen molar-refractivity contribution >= 4 is 36.4 Å². The number of rotatable bonds is 3. The summed E-state index contributed by atoms with van der Waals surface area (Å²) in [6.45, 7) is 2.49. The predicted molar refractivity (Wildman–Crippen MR) is 105 cm³/mol. The normalized spacial score (nSPS) is 19.3. The van der Waals surface area contributed by atoms with Crippen LogP contribution in [0.5, 0.6) is 0 Å². The summed E-state index contributed by atoms with van der Waals surface area (Å²) in [6.07, 6.45) is -0.587. The molecule has 1 heterocycles. The second kappa shape index (κ2) is 9.34. The highest BCUT2D eigenvalue weighted by Gasteiger charge is 2.43. The molecule has 27 heavy (non-hydrogen) atoms. The lowest BCUT2D eigenvalue weighted by Crippen LogP contribution is -2.54. The molecule has 2 fully saturated rings. The van der Waals surface area contributed by atoms with Gasteiger partial charge in [-0.05, 0) is 31.0 Å². The fourth-order valence-corrected chi connectivity index (χ4v) is 3.94. The minimum Gasteiger partial charge on any atom is -0.368 e. The largest absolute Gasteiger partial charge is 0.416 e. The molecule has 1 amide bonds. The molecule has 1 saturated carbocycles. The second-order valence-corrected chi connectivity index (χ2v) is 7.02. The fraction of sp³-hybridized carbons (Fsp3) is 0.611. The summed E-state index contributed by atoms with van der Waals surface area (Å²) in [6, 6.07) is 5.37. The molecule has 1 saturated heterocycles. The number of carbonyl (C=O) groups is 1. The quantitative estimate of drug-likeness (QED) is 0.799. The van der Waals surface area contributed by atoms with E-state index >= 15 is 0 Å². The van der Waals surface area contributed by atoms with Crippen LogP contribution >= 0.6 is 24.8 Å². The van der Waals surface area contributed by atoms with Crippen LogP contribution in [0.3, 0.4) is 0 Å². The first-order valence-corrected chi connectivity index (χ1v) is 8.77. The van der Waals surface area contributed by atoms with Crippen molar-refractivity contribution in [1.82, 2.24) is 4.90 Å². The van der Waals surface area contributed by atoms with E-state index in [2.05, 4.69) is 0 Å². The Hall–Kier alpha value is -1.18. The summed E-state index contributed by atoms with van der Waals surface area (Å²) in [7, 11) is 0. The highest BCUT2D eigenvalue weighted by molar-refractivity contribution is 5.85. The van der Waals surface area contributed by atoms with Gasteiger partial charge in [0, 0.05) is 38.4 Å². The van der Waals surface area contributed by atoms with Gasteiger partial charge >= 0.3 is 6.18 Å². The summed E-state index contributed by atoms with van der Waals surface area (Å²) < 4.78 is 38.6. The van der Waals surface area contributed by atoms with Crippen LogP contribution in [0.4, 0.5) is 18.9 Å². The first kappa shape index (κ1) is 23.9. The molecule has 9 heteroatoms. The van der Waals surface area contributed by atoms with Crippen molar-refractivity contribution in [1.29, 1.82) is 0 Å². The van der Waals surface area contributed by atoms with Crippen molar-refractivity contribution in [3.05, 3.63) is 29.8 Å². The Bertz CT molecular complexity index is 629. The number of alkyl halides is 3. The minimum atomic E-state index is -4.34. The van der Waals surface area contributed by atoms with Crippen LogP contribution in [0.1, 0.15) is 31.2 Å². The van der Waals surface area contributed by atoms with Gasteiger partial charge in [0.2, 0.25) is 5.91 Å². The van der Waals surface area contributed by atoms with Gasteiger partial charge < -0.3 is 15.5 Å². The zero-order chi connectivity index (χ0) is 18.1. The Morgan fingerprint density at radius 3 is 2.19 bits per heavy atom. The third kappa shape index (κ3) is 5.00. The van der Waals surface area contributed by atoms with Gasteiger partial charge in [0.05, 0.1) is 11.0 Å². The maximum Gasteiger partial charge on any atom is 0.416 e. The Morgan fingerprint density at radius 1 is 1.07 bits per heavy atom. The molecule has 0 aromatic heterocycles. The lowest BCUT2D eigenvalue weighted by molar-refractivity contribution is -0.141. The second-order valence-electron chi connectivity index (χ2n) is 7.02. The molecular formula is C18H26Cl2F3N3O. The third-order valence-electron chi connectivity index (χ3n) is 5.51. The average molecular weight is 428 g/mol. The summed E-state index contributed by atoms with van der Waals surface area (Å²) in [5.74, 6) is 0.121. The van der Waals surface area contributed by atoms with E-state index in [9.17, 15) is 18.0 Å². The lowest BCUT2D eigenvalue weighted by atomic mass is 9.84. The van der Waals surface area contributed by atoms with Crippen LogP contribution in [-0.4, -0.2) is 43.5 Å². The van der Waals surface area contributed by atoms with Gasteiger partial charge in [-0.25, -0.2) is 0 Å². The first-order chi connectivity index (χ1) is 11.9. The molecule has 2 N–H and O–H groups in total. The first-order valence-electron chi connectivity index (χ1n) is 8.77. The molecule has 0 atom stereocenters. The van der Waals surface area contributed by atoms with Gasteiger partial charge in [0.1, 0.15) is 0 Å². The molecule has 2 aliphatic rings. The minimum absolute atomic E-state index is 0. The number of hydrogen-bond donors (Lipinski definition) is 1. The number of carbonyl (C=O) groups excluding carboxylic acids is 1. The number of piperazine rings is 1. The van der Waals surface area contributed by atoms with Crippen LogP contribution in [0.15, 0.2) is 24.3 Å². The van der Waals surface area contributed by atoms with Crippen LogP contribution in [0, 0.1) is 5.41 Å². The zero-order valence-corrected chi connectivity index (χ0v) is 16.6. The standard InChI is InChI=1S/C18H24F3N3O.2ClH/c19-18(20,21)14-4-3-5-15(12-14)23-8-10-24(11-9-23)16(25)17(13-22)6-1-2-7-17;;/h3-5,12H,1-2,6-11,13,22H2;2*1H. The van der Waals surface area contributed by atoms with Crippen LogP contribution < -0.4 is 10.6 Å². The maximum absolute atomic E-state index is 12.9. The van der Waals surface area contributed by atoms with E-state index < -0.39 is 17.2 Å². The molecule has 154 valence electrons. The van der Waals surface area contributed by atoms with E-state index in [0.717, 1.165) is 31.7 Å². The molecular weight excluding hydrogens is 402 g/mol. The molecule has 4 nitrogen and oxygen atoms in total. The Kier molecular flexibility index (Phi) is 8.26. The van der Waals surface area contributed by atoms with Gasteiger partial charge in [-0.3, -0.25) is 4.79 Å². The Balaban J connectivity index is 0.00000182. The molecule has 1 aromatic rings. The number of anilines is 1. The number of amides is 1. The molecule has 1 aliphatic heterocycles. The van der Waals surface area contributed by atoms with Gasteiger partial charge in [0.25, 0.3) is 0 Å². The maximum atomic E-state index is 12.9. The highest BCUT2D eigenvalue weighted by atomic mass is 35.5. The Morgan fingerprint density at radius 2 is 1.67 bits per heavy atom. The predicted octanol–water partition coefficient (Wildman–Crippen LogP) is 3.72. The average Bonchev–Trinajstić information content (AvgIpc) is 3.11. The zero-order valence-electron chi connectivity index (χ0n) is 15.0. The summed E-state index contributed by atoms with van der Waals surface area (Å²) >= 11 is 0. The summed E-state index contributed by atoms with van der Waals surface area (Å²) in [4.78, 5) is 16.6. The Labute approximate surface area is 170 Å². The van der Waals surface area contributed by atoms with Gasteiger partial charge in [0.15, 0.2) is 0 Å². The van der Waals surface area contributed by atoms with E-state index in [1.807, 2.05) is 9.80 Å². The molecule has 0 bridgehead atoms. The van der Waals surface area contributed by atoms with E-state index in [1.54, 1.807) is 6.07 Å². The lowest BCUT2D eigenvalue weighted by Gasteiger charge is -2.40. The van der Waals surface area contributed by atoms with Crippen molar-refractivity contribution in [2.24, 2.45) is 11.1 Å².